The molecule has 0 radical (unpaired) electrons. The van der Waals surface area contributed by atoms with E-state index in [1.807, 2.05) is 18.2 Å². The fourth-order valence-electron chi connectivity index (χ4n) is 4.06. The van der Waals surface area contributed by atoms with Crippen LogP contribution >= 0.6 is 11.6 Å². The number of para-hydroxylation sites is 1. The third kappa shape index (κ3) is 6.22. The average molecular weight is 521 g/mol. The molecule has 4 rings (SSSR count). The number of hydrogen-bond donors (Lipinski definition) is 1. The highest BCUT2D eigenvalue weighted by Gasteiger charge is 2.39. The van der Waals surface area contributed by atoms with Crippen molar-refractivity contribution in [2.45, 2.75) is 18.9 Å². The van der Waals surface area contributed by atoms with Crippen LogP contribution in [0.25, 0.3) is 0 Å². The lowest BCUT2D eigenvalue weighted by Crippen LogP contribution is -2.39. The monoisotopic (exact) mass is 520 g/mol. The van der Waals surface area contributed by atoms with Crippen molar-refractivity contribution in [2.75, 3.05) is 25.2 Å². The standard InChI is InChI=1S/C28H25ClN2O6/c1-36-25-8-3-2-7-22(25)24(32)17-37-28(35)19-9-11-21(12-10-19)31-26(33)16-23(27(31)34)30-14-13-18-5-4-6-20(29)15-18/h2-12,15,23,30H,13-14,16-17H2,1H3. The first-order chi connectivity index (χ1) is 17.9. The molecule has 190 valence electrons. The number of ketones is 1. The van der Waals surface area contributed by atoms with E-state index in [4.69, 9.17) is 21.1 Å². The Morgan fingerprint density at radius 3 is 2.51 bits per heavy atom. The van der Waals surface area contributed by atoms with Gasteiger partial charge in [-0.25, -0.2) is 9.69 Å². The summed E-state index contributed by atoms with van der Waals surface area (Å²) in [6.07, 6.45) is 0.706. The zero-order valence-electron chi connectivity index (χ0n) is 20.1. The van der Waals surface area contributed by atoms with E-state index in [0.717, 1.165) is 10.5 Å². The summed E-state index contributed by atoms with van der Waals surface area (Å²) in [7, 11) is 1.45. The van der Waals surface area contributed by atoms with Crippen molar-refractivity contribution < 1.29 is 28.7 Å². The first-order valence-electron chi connectivity index (χ1n) is 11.7. The molecule has 1 aliphatic rings. The lowest BCUT2D eigenvalue weighted by Gasteiger charge is -2.16. The Morgan fingerprint density at radius 2 is 1.78 bits per heavy atom. The molecule has 1 fully saturated rings. The van der Waals surface area contributed by atoms with E-state index < -0.39 is 24.4 Å². The number of hydrogen-bond acceptors (Lipinski definition) is 7. The van der Waals surface area contributed by atoms with E-state index in [1.165, 1.54) is 31.4 Å². The summed E-state index contributed by atoms with van der Waals surface area (Å²) >= 11 is 6.00. The molecule has 8 nitrogen and oxygen atoms in total. The third-order valence-electron chi connectivity index (χ3n) is 5.94. The molecular formula is C28H25ClN2O6. The number of esters is 1. The number of rotatable bonds is 10. The zero-order valence-corrected chi connectivity index (χ0v) is 20.9. The number of Topliss-reactive ketones (excluding diaryl/α,β-unsaturated/α-hetero) is 1. The first kappa shape index (κ1) is 26.1. The smallest absolute Gasteiger partial charge is 0.338 e. The number of carbonyl (C=O) groups is 4. The molecule has 37 heavy (non-hydrogen) atoms. The van der Waals surface area contributed by atoms with E-state index in [2.05, 4.69) is 5.32 Å². The lowest BCUT2D eigenvalue weighted by atomic mass is 10.1. The number of carbonyl (C=O) groups excluding carboxylic acids is 4. The maximum Gasteiger partial charge on any atom is 0.338 e. The van der Waals surface area contributed by atoms with Crippen molar-refractivity contribution in [3.05, 3.63) is 94.5 Å². The van der Waals surface area contributed by atoms with Crippen molar-refractivity contribution in [1.82, 2.24) is 5.32 Å². The number of ether oxygens (including phenoxy) is 2. The van der Waals surface area contributed by atoms with Crippen LogP contribution in [0.15, 0.2) is 72.8 Å². The highest BCUT2D eigenvalue weighted by atomic mass is 35.5. The topological polar surface area (TPSA) is 102 Å². The molecule has 0 bridgehead atoms. The van der Waals surface area contributed by atoms with Gasteiger partial charge in [0.2, 0.25) is 11.7 Å². The largest absolute Gasteiger partial charge is 0.496 e. The molecule has 9 heteroatoms. The van der Waals surface area contributed by atoms with E-state index in [9.17, 15) is 19.2 Å². The number of nitrogens with zero attached hydrogens (tertiary/aromatic N) is 1. The Bertz CT molecular complexity index is 1320. The van der Waals surface area contributed by atoms with Gasteiger partial charge in [0.1, 0.15) is 5.75 Å². The number of methoxy groups -OCH3 is 1. The summed E-state index contributed by atoms with van der Waals surface area (Å²) < 4.78 is 10.3. The Labute approximate surface area is 219 Å². The lowest BCUT2D eigenvalue weighted by molar-refractivity contribution is -0.121. The number of imide groups is 1. The molecule has 3 aromatic carbocycles. The van der Waals surface area contributed by atoms with Gasteiger partial charge in [0, 0.05) is 5.02 Å². The van der Waals surface area contributed by atoms with Crippen LogP contribution in [0.2, 0.25) is 5.02 Å². The minimum atomic E-state index is -0.700. The number of halogens is 1. The molecule has 0 aliphatic carbocycles. The molecule has 1 atom stereocenters. The van der Waals surface area contributed by atoms with Crippen molar-refractivity contribution in [3.8, 4) is 5.75 Å². The number of anilines is 1. The second-order valence-corrected chi connectivity index (χ2v) is 8.84. The van der Waals surface area contributed by atoms with E-state index in [-0.39, 0.29) is 23.8 Å². The van der Waals surface area contributed by atoms with E-state index in [1.54, 1.807) is 30.3 Å². The highest BCUT2D eigenvalue weighted by Crippen LogP contribution is 2.24. The zero-order chi connectivity index (χ0) is 26.4. The predicted octanol–water partition coefficient (Wildman–Crippen LogP) is 3.85. The minimum absolute atomic E-state index is 0.0449. The Kier molecular flexibility index (Phi) is 8.32. The van der Waals surface area contributed by atoms with Gasteiger partial charge in [-0.2, -0.15) is 0 Å². The van der Waals surface area contributed by atoms with Crippen molar-refractivity contribution in [1.29, 1.82) is 0 Å². The predicted molar refractivity (Wildman–Crippen MR) is 138 cm³/mol. The molecule has 0 saturated carbocycles. The van der Waals surface area contributed by atoms with Gasteiger partial charge >= 0.3 is 5.97 Å². The van der Waals surface area contributed by atoms with Crippen molar-refractivity contribution >= 4 is 40.9 Å². The fraction of sp³-hybridized carbons (Fsp3) is 0.214. The Balaban J connectivity index is 1.32. The van der Waals surface area contributed by atoms with Gasteiger partial charge in [-0.05, 0) is 67.1 Å². The average Bonchev–Trinajstić information content (AvgIpc) is 3.19. The third-order valence-corrected chi connectivity index (χ3v) is 6.18. The molecule has 0 aromatic heterocycles. The summed E-state index contributed by atoms with van der Waals surface area (Å²) in [4.78, 5) is 51.4. The van der Waals surface area contributed by atoms with Crippen LogP contribution < -0.4 is 15.0 Å². The van der Waals surface area contributed by atoms with Crippen LogP contribution in [-0.2, 0) is 20.7 Å². The van der Waals surface area contributed by atoms with Gasteiger partial charge < -0.3 is 14.8 Å². The van der Waals surface area contributed by atoms with Crippen LogP contribution in [-0.4, -0.2) is 49.9 Å². The SMILES string of the molecule is COc1ccccc1C(=O)COC(=O)c1ccc(N2C(=O)CC(NCCc3cccc(Cl)c3)C2=O)cc1. The number of nitrogens with one attached hydrogen (secondary N) is 1. The molecular weight excluding hydrogens is 496 g/mol. The molecule has 1 heterocycles. The van der Waals surface area contributed by atoms with Gasteiger partial charge in [-0.15, -0.1) is 0 Å². The second-order valence-electron chi connectivity index (χ2n) is 8.40. The maximum atomic E-state index is 12.9. The molecule has 1 N–H and O–H groups in total. The van der Waals surface area contributed by atoms with Gasteiger partial charge in [-0.3, -0.25) is 14.4 Å². The minimum Gasteiger partial charge on any atom is -0.496 e. The summed E-state index contributed by atoms with van der Waals surface area (Å²) in [5.74, 6) is -1.39. The van der Waals surface area contributed by atoms with E-state index >= 15 is 0 Å². The first-order valence-corrected chi connectivity index (χ1v) is 12.0. The fourth-order valence-corrected chi connectivity index (χ4v) is 4.27. The summed E-state index contributed by atoms with van der Waals surface area (Å²) in [5, 5.41) is 3.78. The van der Waals surface area contributed by atoms with Crippen LogP contribution in [0, 0.1) is 0 Å². The Morgan fingerprint density at radius 1 is 1.03 bits per heavy atom. The van der Waals surface area contributed by atoms with Crippen LogP contribution in [0.5, 0.6) is 5.75 Å². The van der Waals surface area contributed by atoms with Crippen LogP contribution in [0.4, 0.5) is 5.69 Å². The molecule has 1 unspecified atom stereocenters. The van der Waals surface area contributed by atoms with Crippen LogP contribution in [0.3, 0.4) is 0 Å². The highest BCUT2D eigenvalue weighted by molar-refractivity contribution is 6.30. The normalized spacial score (nSPS) is 15.1. The number of benzene rings is 3. The second kappa shape index (κ2) is 11.8. The van der Waals surface area contributed by atoms with Gasteiger partial charge in [0.05, 0.1) is 36.4 Å². The quantitative estimate of drug-likeness (QED) is 0.246. The van der Waals surface area contributed by atoms with Gasteiger partial charge in [-0.1, -0.05) is 35.9 Å². The van der Waals surface area contributed by atoms with Crippen molar-refractivity contribution in [2.24, 2.45) is 0 Å². The maximum absolute atomic E-state index is 12.9. The summed E-state index contributed by atoms with van der Waals surface area (Å²) in [6.45, 7) is 0.0583. The number of amides is 2. The van der Waals surface area contributed by atoms with Gasteiger partial charge in [0.15, 0.2) is 6.61 Å². The molecule has 3 aromatic rings. The summed E-state index contributed by atoms with van der Waals surface area (Å²) in [6, 6.07) is 19.4. The van der Waals surface area contributed by atoms with Gasteiger partial charge in [0.25, 0.3) is 5.91 Å². The van der Waals surface area contributed by atoms with E-state index in [0.29, 0.717) is 35.0 Å². The molecule has 1 saturated heterocycles. The summed E-state index contributed by atoms with van der Waals surface area (Å²) in [5.41, 5.74) is 1.89. The molecule has 2 amide bonds. The molecule has 1 aliphatic heterocycles. The van der Waals surface area contributed by atoms with Crippen molar-refractivity contribution in [3.63, 3.8) is 0 Å². The Hall–Kier alpha value is -4.01. The molecule has 0 spiro atoms. The van der Waals surface area contributed by atoms with Crippen LogP contribution in [0.1, 0.15) is 32.7 Å².